The predicted octanol–water partition coefficient (Wildman–Crippen LogP) is 2.85. The number of carbonyl (C=O) groups is 1. The van der Waals surface area contributed by atoms with Gasteiger partial charge in [-0.25, -0.2) is 4.79 Å². The Balaban J connectivity index is 2.39. The molecule has 2 rings (SSSR count). The molecule has 0 aliphatic carbocycles. The third-order valence-corrected chi connectivity index (χ3v) is 3.06. The molecule has 17 heavy (non-hydrogen) atoms. The van der Waals surface area contributed by atoms with E-state index in [0.717, 1.165) is 30.8 Å². The Morgan fingerprint density at radius 1 is 1.35 bits per heavy atom. The van der Waals surface area contributed by atoms with Crippen molar-refractivity contribution in [2.45, 2.75) is 20.3 Å². The van der Waals surface area contributed by atoms with Crippen molar-refractivity contribution < 1.29 is 9.90 Å². The first kappa shape index (κ1) is 11.7. The molecule has 1 aliphatic rings. The van der Waals surface area contributed by atoms with Gasteiger partial charge in [-0.2, -0.15) is 0 Å². The fourth-order valence-electron chi connectivity index (χ4n) is 2.20. The molecule has 1 aliphatic heterocycles. The Bertz CT molecular complexity index is 477. The third-order valence-electron chi connectivity index (χ3n) is 3.06. The number of rotatable bonds is 2. The van der Waals surface area contributed by atoms with Gasteiger partial charge in [-0.05, 0) is 38.0 Å². The van der Waals surface area contributed by atoms with E-state index in [1.807, 2.05) is 19.1 Å². The summed E-state index contributed by atoms with van der Waals surface area (Å²) in [4.78, 5) is 13.4. The van der Waals surface area contributed by atoms with Crippen molar-refractivity contribution in [1.82, 2.24) is 0 Å². The van der Waals surface area contributed by atoms with Gasteiger partial charge in [0.05, 0.1) is 11.3 Å². The molecular formula is C14H17NO2. The van der Waals surface area contributed by atoms with E-state index in [2.05, 4.69) is 17.9 Å². The number of hydrogen-bond acceptors (Lipinski definition) is 2. The standard InChI is InChI=1S/C14H17NO2/c1-10-5-6-12(14(16)17)13(8-10)15-7-3-4-11(2)9-15/h4-6,8H,3,7,9H2,1-2H3,(H,16,17). The number of carboxylic acids is 1. The molecule has 0 spiro atoms. The van der Waals surface area contributed by atoms with Crippen molar-refractivity contribution in [3.05, 3.63) is 41.0 Å². The molecule has 1 aromatic rings. The molecule has 0 bridgehead atoms. The van der Waals surface area contributed by atoms with Crippen LogP contribution in [-0.2, 0) is 0 Å². The minimum atomic E-state index is -0.854. The Morgan fingerprint density at radius 3 is 2.76 bits per heavy atom. The summed E-state index contributed by atoms with van der Waals surface area (Å²) in [5, 5.41) is 9.21. The highest BCUT2D eigenvalue weighted by Crippen LogP contribution is 2.25. The van der Waals surface area contributed by atoms with Gasteiger partial charge in [0, 0.05) is 13.1 Å². The van der Waals surface area contributed by atoms with Crippen molar-refractivity contribution in [3.8, 4) is 0 Å². The molecule has 0 amide bonds. The first-order chi connectivity index (χ1) is 8.08. The van der Waals surface area contributed by atoms with Gasteiger partial charge < -0.3 is 10.0 Å². The lowest BCUT2D eigenvalue weighted by molar-refractivity contribution is 0.0697. The van der Waals surface area contributed by atoms with Crippen LogP contribution in [0.15, 0.2) is 29.8 Å². The SMILES string of the molecule is CC1=CCCN(c2cc(C)ccc2C(=O)O)C1. The minimum absolute atomic E-state index is 0.394. The molecule has 90 valence electrons. The van der Waals surface area contributed by atoms with E-state index in [4.69, 9.17) is 0 Å². The predicted molar refractivity (Wildman–Crippen MR) is 68.7 cm³/mol. The van der Waals surface area contributed by atoms with E-state index < -0.39 is 5.97 Å². The van der Waals surface area contributed by atoms with Gasteiger partial charge in [-0.3, -0.25) is 0 Å². The lowest BCUT2D eigenvalue weighted by atomic mass is 10.1. The number of aryl methyl sites for hydroxylation is 1. The van der Waals surface area contributed by atoms with Crippen LogP contribution in [0.2, 0.25) is 0 Å². The van der Waals surface area contributed by atoms with Crippen LogP contribution in [0, 0.1) is 6.92 Å². The van der Waals surface area contributed by atoms with Crippen LogP contribution in [0.5, 0.6) is 0 Å². The Hall–Kier alpha value is -1.77. The molecule has 1 aromatic carbocycles. The minimum Gasteiger partial charge on any atom is -0.478 e. The Labute approximate surface area is 101 Å². The number of benzene rings is 1. The Morgan fingerprint density at radius 2 is 2.12 bits per heavy atom. The lowest BCUT2D eigenvalue weighted by Gasteiger charge is -2.29. The molecule has 0 radical (unpaired) electrons. The largest absolute Gasteiger partial charge is 0.478 e. The highest BCUT2D eigenvalue weighted by molar-refractivity contribution is 5.94. The maximum atomic E-state index is 11.2. The summed E-state index contributed by atoms with van der Waals surface area (Å²) in [6.45, 7) is 5.79. The second-order valence-corrected chi connectivity index (χ2v) is 4.59. The van der Waals surface area contributed by atoms with Gasteiger partial charge >= 0.3 is 5.97 Å². The number of anilines is 1. The third kappa shape index (κ3) is 2.49. The topological polar surface area (TPSA) is 40.5 Å². The van der Waals surface area contributed by atoms with Gasteiger partial charge in [-0.1, -0.05) is 17.7 Å². The van der Waals surface area contributed by atoms with E-state index in [1.54, 1.807) is 6.07 Å². The van der Waals surface area contributed by atoms with Gasteiger partial charge in [0.15, 0.2) is 0 Å². The highest BCUT2D eigenvalue weighted by atomic mass is 16.4. The zero-order valence-electron chi connectivity index (χ0n) is 10.2. The molecule has 1 heterocycles. The van der Waals surface area contributed by atoms with Gasteiger partial charge in [0.25, 0.3) is 0 Å². The van der Waals surface area contributed by atoms with Crippen molar-refractivity contribution in [2.24, 2.45) is 0 Å². The average Bonchev–Trinajstić information content (AvgIpc) is 2.28. The number of aromatic carboxylic acids is 1. The molecule has 0 saturated heterocycles. The second-order valence-electron chi connectivity index (χ2n) is 4.59. The zero-order chi connectivity index (χ0) is 12.4. The Kier molecular flexibility index (Phi) is 3.18. The van der Waals surface area contributed by atoms with Gasteiger partial charge in [-0.15, -0.1) is 0 Å². The molecule has 3 nitrogen and oxygen atoms in total. The van der Waals surface area contributed by atoms with E-state index in [-0.39, 0.29) is 0 Å². The number of hydrogen-bond donors (Lipinski definition) is 1. The smallest absolute Gasteiger partial charge is 0.337 e. The maximum Gasteiger partial charge on any atom is 0.337 e. The summed E-state index contributed by atoms with van der Waals surface area (Å²) in [7, 11) is 0. The highest BCUT2D eigenvalue weighted by Gasteiger charge is 2.17. The van der Waals surface area contributed by atoms with Gasteiger partial charge in [0.2, 0.25) is 0 Å². The molecular weight excluding hydrogens is 214 g/mol. The van der Waals surface area contributed by atoms with Crippen molar-refractivity contribution in [3.63, 3.8) is 0 Å². The first-order valence-corrected chi connectivity index (χ1v) is 5.82. The summed E-state index contributed by atoms with van der Waals surface area (Å²) >= 11 is 0. The second kappa shape index (κ2) is 4.62. The van der Waals surface area contributed by atoms with E-state index in [0.29, 0.717) is 5.56 Å². The number of nitrogens with zero attached hydrogens (tertiary/aromatic N) is 1. The molecule has 3 heteroatoms. The van der Waals surface area contributed by atoms with Crippen LogP contribution in [-0.4, -0.2) is 24.2 Å². The maximum absolute atomic E-state index is 11.2. The van der Waals surface area contributed by atoms with Crippen LogP contribution in [0.3, 0.4) is 0 Å². The molecule has 0 fully saturated rings. The molecule has 1 N–H and O–H groups in total. The fourth-order valence-corrected chi connectivity index (χ4v) is 2.20. The quantitative estimate of drug-likeness (QED) is 0.796. The summed E-state index contributed by atoms with van der Waals surface area (Å²) in [6.07, 6.45) is 3.20. The monoisotopic (exact) mass is 231 g/mol. The van der Waals surface area contributed by atoms with Crippen molar-refractivity contribution in [1.29, 1.82) is 0 Å². The van der Waals surface area contributed by atoms with Gasteiger partial charge in [0.1, 0.15) is 0 Å². The summed E-state index contributed by atoms with van der Waals surface area (Å²) < 4.78 is 0. The van der Waals surface area contributed by atoms with Crippen molar-refractivity contribution >= 4 is 11.7 Å². The van der Waals surface area contributed by atoms with E-state index in [9.17, 15) is 9.90 Å². The van der Waals surface area contributed by atoms with Crippen LogP contribution >= 0.6 is 0 Å². The molecule has 0 unspecified atom stereocenters. The molecule has 0 saturated carbocycles. The summed E-state index contributed by atoms with van der Waals surface area (Å²) in [5.74, 6) is -0.854. The van der Waals surface area contributed by atoms with Crippen LogP contribution in [0.1, 0.15) is 29.3 Å². The summed E-state index contributed by atoms with van der Waals surface area (Å²) in [5.41, 5.74) is 3.63. The summed E-state index contributed by atoms with van der Waals surface area (Å²) in [6, 6.07) is 5.50. The van der Waals surface area contributed by atoms with E-state index in [1.165, 1.54) is 5.57 Å². The number of carboxylic acid groups (broad SMARTS) is 1. The lowest BCUT2D eigenvalue weighted by Crippen LogP contribution is -2.30. The van der Waals surface area contributed by atoms with Crippen LogP contribution in [0.4, 0.5) is 5.69 Å². The molecule has 0 atom stereocenters. The van der Waals surface area contributed by atoms with Crippen LogP contribution < -0.4 is 4.90 Å². The fraction of sp³-hybridized carbons (Fsp3) is 0.357. The normalized spacial score (nSPS) is 15.6. The van der Waals surface area contributed by atoms with E-state index >= 15 is 0 Å². The van der Waals surface area contributed by atoms with Crippen molar-refractivity contribution in [2.75, 3.05) is 18.0 Å². The van der Waals surface area contributed by atoms with Crippen LogP contribution in [0.25, 0.3) is 0 Å². The first-order valence-electron chi connectivity index (χ1n) is 5.82. The molecule has 0 aromatic heterocycles. The zero-order valence-corrected chi connectivity index (χ0v) is 10.2. The average molecular weight is 231 g/mol.